The molecule has 1 fully saturated rings. The zero-order chi connectivity index (χ0) is 15.2. The molecule has 1 atom stereocenters. The molecule has 0 spiro atoms. The number of nitrogens with zero attached hydrogens (tertiary/aromatic N) is 1. The summed E-state index contributed by atoms with van der Waals surface area (Å²) in [6, 6.07) is 6.93. The lowest BCUT2D eigenvalue weighted by Gasteiger charge is -2.32. The SMILES string of the molecule is COC1CCCN(C(=O)c2ccc(/C=C/C(=O)O)cc2)C1. The largest absolute Gasteiger partial charge is 0.478 e. The van der Waals surface area contributed by atoms with Gasteiger partial charge in [0.1, 0.15) is 0 Å². The molecule has 5 heteroatoms. The van der Waals surface area contributed by atoms with Crippen molar-refractivity contribution in [3.63, 3.8) is 0 Å². The summed E-state index contributed by atoms with van der Waals surface area (Å²) in [7, 11) is 1.67. The van der Waals surface area contributed by atoms with Crippen molar-refractivity contribution in [2.75, 3.05) is 20.2 Å². The van der Waals surface area contributed by atoms with Crippen LogP contribution >= 0.6 is 0 Å². The van der Waals surface area contributed by atoms with Crippen molar-refractivity contribution in [2.24, 2.45) is 0 Å². The van der Waals surface area contributed by atoms with E-state index in [9.17, 15) is 9.59 Å². The number of piperidine rings is 1. The lowest BCUT2D eigenvalue weighted by Crippen LogP contribution is -2.42. The van der Waals surface area contributed by atoms with Gasteiger partial charge in [0, 0.05) is 31.8 Å². The zero-order valence-corrected chi connectivity index (χ0v) is 12.0. The number of hydrogen-bond donors (Lipinski definition) is 1. The van der Waals surface area contributed by atoms with Gasteiger partial charge >= 0.3 is 5.97 Å². The molecule has 0 bridgehead atoms. The summed E-state index contributed by atoms with van der Waals surface area (Å²) in [6.07, 6.45) is 4.62. The number of methoxy groups -OCH3 is 1. The lowest BCUT2D eigenvalue weighted by molar-refractivity contribution is -0.131. The number of carboxylic acids is 1. The van der Waals surface area contributed by atoms with Crippen LogP contribution in [0.4, 0.5) is 0 Å². The molecule has 5 nitrogen and oxygen atoms in total. The first-order valence-electron chi connectivity index (χ1n) is 6.93. The van der Waals surface area contributed by atoms with Gasteiger partial charge in [0.15, 0.2) is 0 Å². The molecule has 1 heterocycles. The van der Waals surface area contributed by atoms with Gasteiger partial charge < -0.3 is 14.7 Å². The standard InChI is InChI=1S/C16H19NO4/c1-21-14-3-2-10-17(11-14)16(20)13-7-4-12(5-8-13)6-9-15(18)19/h4-9,14H,2-3,10-11H2,1H3,(H,18,19)/b9-6+. The average molecular weight is 289 g/mol. The Hall–Kier alpha value is -2.14. The third kappa shape index (κ3) is 4.16. The smallest absolute Gasteiger partial charge is 0.328 e. The Balaban J connectivity index is 2.04. The number of rotatable bonds is 4. The van der Waals surface area contributed by atoms with Crippen LogP contribution in [0.5, 0.6) is 0 Å². The average Bonchev–Trinajstić information content (AvgIpc) is 2.52. The maximum atomic E-state index is 12.4. The van der Waals surface area contributed by atoms with Crippen molar-refractivity contribution in [1.29, 1.82) is 0 Å². The van der Waals surface area contributed by atoms with Crippen LogP contribution in [0.1, 0.15) is 28.8 Å². The number of aliphatic carboxylic acids is 1. The normalized spacial score (nSPS) is 18.9. The van der Waals surface area contributed by atoms with Crippen LogP contribution < -0.4 is 0 Å². The Kier molecular flexibility index (Phi) is 5.11. The van der Waals surface area contributed by atoms with Crippen LogP contribution in [0.25, 0.3) is 6.08 Å². The van der Waals surface area contributed by atoms with E-state index < -0.39 is 5.97 Å². The van der Waals surface area contributed by atoms with E-state index in [4.69, 9.17) is 9.84 Å². The molecule has 1 saturated heterocycles. The van der Waals surface area contributed by atoms with Gasteiger partial charge in [0.25, 0.3) is 5.91 Å². The second-order valence-corrected chi connectivity index (χ2v) is 5.04. The van der Waals surface area contributed by atoms with Gasteiger partial charge in [0.2, 0.25) is 0 Å². The predicted octanol–water partition coefficient (Wildman–Crippen LogP) is 2.04. The highest BCUT2D eigenvalue weighted by molar-refractivity contribution is 5.94. The molecule has 0 saturated carbocycles. The Morgan fingerprint density at radius 2 is 2.05 bits per heavy atom. The van der Waals surface area contributed by atoms with E-state index >= 15 is 0 Å². The fourth-order valence-corrected chi connectivity index (χ4v) is 2.40. The lowest BCUT2D eigenvalue weighted by atomic mass is 10.1. The van der Waals surface area contributed by atoms with Crippen molar-refractivity contribution in [3.8, 4) is 0 Å². The van der Waals surface area contributed by atoms with Gasteiger partial charge in [-0.25, -0.2) is 4.79 Å². The van der Waals surface area contributed by atoms with Crippen LogP contribution in [-0.4, -0.2) is 48.2 Å². The first kappa shape index (κ1) is 15.3. The number of carbonyl (C=O) groups excluding carboxylic acids is 1. The minimum atomic E-state index is -0.992. The molecular formula is C16H19NO4. The van der Waals surface area contributed by atoms with Crippen LogP contribution in [0.2, 0.25) is 0 Å². The summed E-state index contributed by atoms with van der Waals surface area (Å²) >= 11 is 0. The van der Waals surface area contributed by atoms with Gasteiger partial charge in [-0.1, -0.05) is 12.1 Å². The highest BCUT2D eigenvalue weighted by atomic mass is 16.5. The third-order valence-corrected chi connectivity index (χ3v) is 3.57. The monoisotopic (exact) mass is 289 g/mol. The number of carboxylic acid groups (broad SMARTS) is 1. The minimum absolute atomic E-state index is 0.00878. The number of amides is 1. The zero-order valence-electron chi connectivity index (χ0n) is 12.0. The van der Waals surface area contributed by atoms with Gasteiger partial charge in [-0.3, -0.25) is 4.79 Å². The molecular weight excluding hydrogens is 270 g/mol. The van der Waals surface area contributed by atoms with Crippen molar-refractivity contribution in [2.45, 2.75) is 18.9 Å². The van der Waals surface area contributed by atoms with E-state index in [2.05, 4.69) is 0 Å². The topological polar surface area (TPSA) is 66.8 Å². The van der Waals surface area contributed by atoms with E-state index in [-0.39, 0.29) is 12.0 Å². The summed E-state index contributed by atoms with van der Waals surface area (Å²) in [5.41, 5.74) is 1.36. The number of likely N-dealkylation sites (tertiary alicyclic amines) is 1. The van der Waals surface area contributed by atoms with Crippen LogP contribution in [0.3, 0.4) is 0 Å². The molecule has 1 aliphatic heterocycles. The first-order chi connectivity index (χ1) is 10.1. The van der Waals surface area contributed by atoms with E-state index in [0.717, 1.165) is 31.0 Å². The molecule has 1 amide bonds. The summed E-state index contributed by atoms with van der Waals surface area (Å²) < 4.78 is 5.32. The summed E-state index contributed by atoms with van der Waals surface area (Å²) in [4.78, 5) is 24.7. The summed E-state index contributed by atoms with van der Waals surface area (Å²) in [5, 5.41) is 8.58. The Labute approximate surface area is 123 Å². The molecule has 1 aliphatic rings. The van der Waals surface area contributed by atoms with E-state index in [1.807, 2.05) is 0 Å². The van der Waals surface area contributed by atoms with Crippen LogP contribution in [0, 0.1) is 0 Å². The van der Waals surface area contributed by atoms with Gasteiger partial charge in [0.05, 0.1) is 6.10 Å². The molecule has 1 N–H and O–H groups in total. The van der Waals surface area contributed by atoms with Crippen LogP contribution in [-0.2, 0) is 9.53 Å². The second kappa shape index (κ2) is 7.04. The van der Waals surface area contributed by atoms with Crippen LogP contribution in [0.15, 0.2) is 30.3 Å². The summed E-state index contributed by atoms with van der Waals surface area (Å²) in [6.45, 7) is 1.37. The third-order valence-electron chi connectivity index (χ3n) is 3.57. The van der Waals surface area contributed by atoms with Gasteiger partial charge in [-0.2, -0.15) is 0 Å². The molecule has 112 valence electrons. The second-order valence-electron chi connectivity index (χ2n) is 5.04. The van der Waals surface area contributed by atoms with Gasteiger partial charge in [-0.15, -0.1) is 0 Å². The molecule has 21 heavy (non-hydrogen) atoms. The Morgan fingerprint density at radius 3 is 2.67 bits per heavy atom. The molecule has 0 aromatic heterocycles. The number of carbonyl (C=O) groups is 2. The highest BCUT2D eigenvalue weighted by Crippen LogP contribution is 2.16. The Bertz CT molecular complexity index is 536. The molecule has 2 rings (SSSR count). The van der Waals surface area contributed by atoms with Crippen molar-refractivity contribution < 1.29 is 19.4 Å². The highest BCUT2D eigenvalue weighted by Gasteiger charge is 2.24. The fraction of sp³-hybridized carbons (Fsp3) is 0.375. The predicted molar refractivity (Wildman–Crippen MR) is 79.0 cm³/mol. The van der Waals surface area contributed by atoms with Gasteiger partial charge in [-0.05, 0) is 36.6 Å². The molecule has 0 radical (unpaired) electrons. The van der Waals surface area contributed by atoms with Crippen molar-refractivity contribution >= 4 is 18.0 Å². The molecule has 1 aromatic carbocycles. The van der Waals surface area contributed by atoms with E-state index in [1.165, 1.54) is 6.08 Å². The molecule has 1 unspecified atom stereocenters. The van der Waals surface area contributed by atoms with Crippen molar-refractivity contribution in [1.82, 2.24) is 4.90 Å². The van der Waals surface area contributed by atoms with E-state index in [0.29, 0.717) is 12.1 Å². The maximum Gasteiger partial charge on any atom is 0.328 e. The number of ether oxygens (including phenoxy) is 1. The van der Waals surface area contributed by atoms with E-state index in [1.54, 1.807) is 36.3 Å². The summed E-state index contributed by atoms with van der Waals surface area (Å²) in [5.74, 6) is -1.00. The number of benzene rings is 1. The molecule has 0 aliphatic carbocycles. The first-order valence-corrected chi connectivity index (χ1v) is 6.93. The minimum Gasteiger partial charge on any atom is -0.478 e. The van der Waals surface area contributed by atoms with Crippen molar-refractivity contribution in [3.05, 3.63) is 41.5 Å². The maximum absolute atomic E-state index is 12.4. The quantitative estimate of drug-likeness (QED) is 0.861. The number of hydrogen-bond acceptors (Lipinski definition) is 3. The molecule has 1 aromatic rings. The Morgan fingerprint density at radius 1 is 1.33 bits per heavy atom. The fourth-order valence-electron chi connectivity index (χ4n) is 2.40.